The first-order chi connectivity index (χ1) is 10.9. The number of hydrogen-bond acceptors (Lipinski definition) is 2. The summed E-state index contributed by atoms with van der Waals surface area (Å²) < 4.78 is 0. The van der Waals surface area contributed by atoms with E-state index in [2.05, 4.69) is 25.5 Å². The van der Waals surface area contributed by atoms with Gasteiger partial charge in [0.2, 0.25) is 0 Å². The smallest absolute Gasteiger partial charge is 0.155 e. The van der Waals surface area contributed by atoms with Crippen LogP contribution in [0.15, 0.2) is 36.0 Å². The summed E-state index contributed by atoms with van der Waals surface area (Å²) in [7, 11) is 0. The lowest BCUT2D eigenvalue weighted by Crippen LogP contribution is -2.53. The van der Waals surface area contributed by atoms with Crippen molar-refractivity contribution in [3.05, 3.63) is 36.0 Å². The van der Waals surface area contributed by atoms with Gasteiger partial charge in [0.05, 0.1) is 0 Å². The van der Waals surface area contributed by atoms with E-state index in [0.717, 1.165) is 25.7 Å². The third kappa shape index (κ3) is 1.83. The molecule has 0 bridgehead atoms. The third-order valence-corrected chi connectivity index (χ3v) is 7.08. The van der Waals surface area contributed by atoms with Crippen molar-refractivity contribution in [3.8, 4) is 12.3 Å². The Morgan fingerprint density at radius 1 is 1.39 bits per heavy atom. The van der Waals surface area contributed by atoms with Crippen LogP contribution in [0.4, 0.5) is 0 Å². The van der Waals surface area contributed by atoms with Crippen LogP contribution in [0.5, 0.6) is 0 Å². The maximum atomic E-state index is 11.8. The van der Waals surface area contributed by atoms with Crippen LogP contribution in [0.25, 0.3) is 0 Å². The van der Waals surface area contributed by atoms with Crippen molar-refractivity contribution in [2.45, 2.75) is 44.6 Å². The fraction of sp³-hybridized carbons (Fsp3) is 0.571. The quantitative estimate of drug-likeness (QED) is 0.550. The summed E-state index contributed by atoms with van der Waals surface area (Å²) in [6, 6.07) is 0. The van der Waals surface area contributed by atoms with Crippen molar-refractivity contribution < 1.29 is 9.90 Å². The molecule has 0 saturated heterocycles. The van der Waals surface area contributed by atoms with Gasteiger partial charge in [-0.15, -0.1) is 6.42 Å². The second-order valence-corrected chi connectivity index (χ2v) is 8.11. The molecule has 2 fully saturated rings. The number of fused-ring (bicyclic) bond motifs is 5. The Balaban J connectivity index is 1.73. The zero-order chi connectivity index (χ0) is 16.4. The average Bonchev–Trinajstić information content (AvgIpc) is 2.78. The van der Waals surface area contributed by atoms with Crippen molar-refractivity contribution in [2.75, 3.05) is 0 Å². The van der Waals surface area contributed by atoms with Gasteiger partial charge in [-0.25, -0.2) is 0 Å². The van der Waals surface area contributed by atoms with Crippen molar-refractivity contribution >= 4 is 5.78 Å². The molecule has 2 nitrogen and oxygen atoms in total. The molecule has 120 valence electrons. The fourth-order valence-electron chi connectivity index (χ4n) is 5.91. The van der Waals surface area contributed by atoms with Crippen LogP contribution in [0, 0.1) is 41.4 Å². The van der Waals surface area contributed by atoms with Gasteiger partial charge in [0.25, 0.3) is 0 Å². The zero-order valence-electron chi connectivity index (χ0n) is 13.7. The van der Waals surface area contributed by atoms with Crippen molar-refractivity contribution in [1.82, 2.24) is 0 Å². The number of terminal acetylenes is 1. The fourth-order valence-corrected chi connectivity index (χ4v) is 5.91. The Morgan fingerprint density at radius 2 is 2.17 bits per heavy atom. The normalized spacial score (nSPS) is 48.1. The first-order valence-corrected chi connectivity index (χ1v) is 8.70. The molecule has 0 aliphatic heterocycles. The predicted molar refractivity (Wildman–Crippen MR) is 90.3 cm³/mol. The minimum absolute atomic E-state index is 0.281. The molecule has 6 atom stereocenters. The molecular formula is C21H24O2. The SMILES string of the molecule is C#CC1(O)C=C[C@H]2[C@@H]3CCC4=CC(=O)CC[C@@H]4[C@H]3C(=C)C[C@@]21C. The van der Waals surface area contributed by atoms with Gasteiger partial charge in [-0.05, 0) is 61.5 Å². The average molecular weight is 308 g/mol. The summed E-state index contributed by atoms with van der Waals surface area (Å²) in [5.74, 6) is 4.60. The van der Waals surface area contributed by atoms with E-state index in [0.29, 0.717) is 30.1 Å². The van der Waals surface area contributed by atoms with Gasteiger partial charge in [0.15, 0.2) is 5.78 Å². The van der Waals surface area contributed by atoms with Crippen LogP contribution in [-0.4, -0.2) is 16.5 Å². The van der Waals surface area contributed by atoms with Gasteiger partial charge in [-0.3, -0.25) is 4.79 Å². The van der Waals surface area contributed by atoms with Gasteiger partial charge in [-0.1, -0.05) is 36.6 Å². The lowest BCUT2D eigenvalue weighted by molar-refractivity contribution is -0.115. The second kappa shape index (κ2) is 4.71. The number of aliphatic hydroxyl groups is 1. The largest absolute Gasteiger partial charge is 0.373 e. The molecule has 1 N–H and O–H groups in total. The van der Waals surface area contributed by atoms with Crippen LogP contribution in [0.2, 0.25) is 0 Å². The number of ketones is 1. The summed E-state index contributed by atoms with van der Waals surface area (Å²) in [6.07, 6.45) is 16.0. The highest BCUT2D eigenvalue weighted by molar-refractivity contribution is 5.91. The van der Waals surface area contributed by atoms with Gasteiger partial charge in [0.1, 0.15) is 5.60 Å². The topological polar surface area (TPSA) is 37.3 Å². The van der Waals surface area contributed by atoms with Crippen LogP contribution in [-0.2, 0) is 4.79 Å². The van der Waals surface area contributed by atoms with Crippen LogP contribution >= 0.6 is 0 Å². The number of carbonyl (C=O) groups excluding carboxylic acids is 1. The van der Waals surface area contributed by atoms with Gasteiger partial charge < -0.3 is 5.11 Å². The number of hydrogen-bond donors (Lipinski definition) is 1. The molecule has 0 aromatic heterocycles. The molecular weight excluding hydrogens is 284 g/mol. The minimum Gasteiger partial charge on any atom is -0.373 e. The van der Waals surface area contributed by atoms with E-state index in [1.807, 2.05) is 12.2 Å². The van der Waals surface area contributed by atoms with E-state index in [-0.39, 0.29) is 11.2 Å². The predicted octanol–water partition coefficient (Wildman–Crippen LogP) is 3.43. The Kier molecular flexibility index (Phi) is 3.06. The Morgan fingerprint density at radius 3 is 2.91 bits per heavy atom. The van der Waals surface area contributed by atoms with Crippen molar-refractivity contribution in [3.63, 3.8) is 0 Å². The summed E-state index contributed by atoms with van der Waals surface area (Å²) in [6.45, 7) is 6.51. The minimum atomic E-state index is -1.16. The van der Waals surface area contributed by atoms with Gasteiger partial charge in [-0.2, -0.15) is 0 Å². The van der Waals surface area contributed by atoms with Crippen LogP contribution in [0.3, 0.4) is 0 Å². The highest BCUT2D eigenvalue weighted by Gasteiger charge is 2.60. The molecule has 0 aromatic rings. The Bertz CT molecular complexity index is 691. The molecule has 2 saturated carbocycles. The highest BCUT2D eigenvalue weighted by atomic mass is 16.3. The summed E-state index contributed by atoms with van der Waals surface area (Å²) in [5, 5.41) is 10.9. The lowest BCUT2D eigenvalue weighted by atomic mass is 9.49. The third-order valence-electron chi connectivity index (χ3n) is 7.08. The Labute approximate surface area is 138 Å². The first kappa shape index (κ1) is 15.0. The summed E-state index contributed by atoms with van der Waals surface area (Å²) in [5.41, 5.74) is 1.05. The maximum absolute atomic E-state index is 11.8. The molecule has 0 spiro atoms. The van der Waals surface area contributed by atoms with Crippen molar-refractivity contribution in [1.29, 1.82) is 0 Å². The van der Waals surface area contributed by atoms with E-state index < -0.39 is 5.60 Å². The molecule has 2 heteroatoms. The first-order valence-electron chi connectivity index (χ1n) is 8.70. The van der Waals surface area contributed by atoms with E-state index in [4.69, 9.17) is 6.42 Å². The number of rotatable bonds is 0. The monoisotopic (exact) mass is 308 g/mol. The highest BCUT2D eigenvalue weighted by Crippen LogP contribution is 2.63. The Hall–Kier alpha value is -1.59. The summed E-state index contributed by atoms with van der Waals surface area (Å²) >= 11 is 0. The summed E-state index contributed by atoms with van der Waals surface area (Å²) in [4.78, 5) is 11.8. The van der Waals surface area contributed by atoms with Gasteiger partial charge in [0, 0.05) is 11.8 Å². The van der Waals surface area contributed by atoms with Crippen molar-refractivity contribution in [2.24, 2.45) is 29.1 Å². The van der Waals surface area contributed by atoms with Crippen LogP contribution in [0.1, 0.15) is 39.0 Å². The van der Waals surface area contributed by atoms with E-state index >= 15 is 0 Å². The molecule has 0 radical (unpaired) electrons. The van der Waals surface area contributed by atoms with E-state index in [1.165, 1.54) is 11.1 Å². The second-order valence-electron chi connectivity index (χ2n) is 8.11. The molecule has 0 aromatic carbocycles. The molecule has 1 unspecified atom stereocenters. The molecule has 4 aliphatic rings. The molecule has 0 heterocycles. The zero-order valence-corrected chi connectivity index (χ0v) is 13.7. The molecule has 23 heavy (non-hydrogen) atoms. The van der Waals surface area contributed by atoms with E-state index in [9.17, 15) is 9.90 Å². The number of carbonyl (C=O) groups is 1. The van der Waals surface area contributed by atoms with E-state index in [1.54, 1.807) is 0 Å². The van der Waals surface area contributed by atoms with Crippen LogP contribution < -0.4 is 0 Å². The number of allylic oxidation sites excluding steroid dienone is 4. The maximum Gasteiger partial charge on any atom is 0.155 e. The molecule has 4 aliphatic carbocycles. The standard InChI is InChI=1S/C21H24O2/c1-4-21(23)10-9-18-17-7-5-14-11-15(22)6-8-16(14)19(17)13(2)12-20(18,21)3/h1,9-11,16-19,23H,2,5-8,12H2,3H3/t16-,17-,18-,19+,20-,21?/m0/s1. The lowest BCUT2D eigenvalue weighted by Gasteiger charge is -2.55. The molecule has 0 amide bonds. The van der Waals surface area contributed by atoms with Gasteiger partial charge >= 0.3 is 0 Å². The molecule has 4 rings (SSSR count).